The Hall–Kier alpha value is -0.290. The lowest BCUT2D eigenvalue weighted by Crippen LogP contribution is -3.00. The van der Waals surface area contributed by atoms with E-state index in [-0.39, 0.29) is 24.0 Å². The second-order valence-electron chi connectivity index (χ2n) is 4.63. The van der Waals surface area contributed by atoms with Gasteiger partial charge in [-0.2, -0.15) is 0 Å². The van der Waals surface area contributed by atoms with E-state index in [4.69, 9.17) is 0 Å². The van der Waals surface area contributed by atoms with Crippen LogP contribution in [0.15, 0.2) is 24.3 Å². The third-order valence-corrected chi connectivity index (χ3v) is 2.60. The van der Waals surface area contributed by atoms with Crippen molar-refractivity contribution in [1.29, 1.82) is 0 Å². The molecule has 3 heteroatoms. The SMILES string of the molecule is CCC(c1ccc(O)cc1)[N+](C)(C)C.[I-]. The van der Waals surface area contributed by atoms with E-state index < -0.39 is 0 Å². The Balaban J connectivity index is 0.00000196. The number of hydrogen-bond donors (Lipinski definition) is 1. The lowest BCUT2D eigenvalue weighted by Gasteiger charge is -2.33. The number of hydrogen-bond acceptors (Lipinski definition) is 1. The first kappa shape index (κ1) is 14.7. The summed E-state index contributed by atoms with van der Waals surface area (Å²) in [5.74, 6) is 0.338. The highest BCUT2D eigenvalue weighted by Gasteiger charge is 2.23. The molecule has 1 aromatic rings. The van der Waals surface area contributed by atoms with Crippen molar-refractivity contribution >= 4 is 0 Å². The molecule has 1 aromatic carbocycles. The molecule has 0 saturated heterocycles. The number of rotatable bonds is 3. The minimum atomic E-state index is 0. The van der Waals surface area contributed by atoms with Crippen LogP contribution in [0.5, 0.6) is 5.75 Å². The maximum Gasteiger partial charge on any atom is 0.115 e. The molecular formula is C12H20INO. The highest BCUT2D eigenvalue weighted by molar-refractivity contribution is 5.27. The summed E-state index contributed by atoms with van der Waals surface area (Å²) in [4.78, 5) is 0. The number of quaternary nitrogens is 1. The van der Waals surface area contributed by atoms with E-state index in [0.717, 1.165) is 10.9 Å². The highest BCUT2D eigenvalue weighted by Crippen LogP contribution is 2.27. The minimum absolute atomic E-state index is 0. The second-order valence-corrected chi connectivity index (χ2v) is 4.63. The molecule has 0 bridgehead atoms. The molecule has 0 spiro atoms. The Morgan fingerprint density at radius 2 is 1.60 bits per heavy atom. The lowest BCUT2D eigenvalue weighted by molar-refractivity contribution is -0.902. The van der Waals surface area contributed by atoms with Gasteiger partial charge in [-0.1, -0.05) is 6.92 Å². The van der Waals surface area contributed by atoms with Crippen molar-refractivity contribution in [3.8, 4) is 5.75 Å². The molecule has 15 heavy (non-hydrogen) atoms. The molecule has 0 radical (unpaired) electrons. The molecule has 0 fully saturated rings. The van der Waals surface area contributed by atoms with Gasteiger partial charge in [0, 0.05) is 12.0 Å². The Morgan fingerprint density at radius 3 is 1.93 bits per heavy atom. The average molecular weight is 321 g/mol. The van der Waals surface area contributed by atoms with Gasteiger partial charge in [-0.15, -0.1) is 0 Å². The van der Waals surface area contributed by atoms with Crippen molar-refractivity contribution < 1.29 is 33.6 Å². The monoisotopic (exact) mass is 321 g/mol. The quantitative estimate of drug-likeness (QED) is 0.591. The largest absolute Gasteiger partial charge is 1.00 e. The van der Waals surface area contributed by atoms with E-state index in [2.05, 4.69) is 28.1 Å². The zero-order chi connectivity index (χ0) is 10.8. The zero-order valence-corrected chi connectivity index (χ0v) is 12.0. The van der Waals surface area contributed by atoms with Gasteiger partial charge in [0.15, 0.2) is 0 Å². The predicted molar refractivity (Wildman–Crippen MR) is 59.2 cm³/mol. The first-order valence-corrected chi connectivity index (χ1v) is 5.05. The minimum Gasteiger partial charge on any atom is -1.00 e. The number of benzene rings is 1. The lowest BCUT2D eigenvalue weighted by atomic mass is 10.0. The topological polar surface area (TPSA) is 20.2 Å². The third-order valence-electron chi connectivity index (χ3n) is 2.60. The van der Waals surface area contributed by atoms with Crippen LogP contribution in [0, 0.1) is 0 Å². The van der Waals surface area contributed by atoms with Crippen LogP contribution in [0.2, 0.25) is 0 Å². The van der Waals surface area contributed by atoms with Crippen molar-refractivity contribution in [2.75, 3.05) is 21.1 Å². The van der Waals surface area contributed by atoms with Crippen LogP contribution in [0.25, 0.3) is 0 Å². The molecule has 0 saturated carbocycles. The average Bonchev–Trinajstić information content (AvgIpc) is 2.07. The Bertz CT molecular complexity index is 289. The van der Waals surface area contributed by atoms with E-state index in [1.807, 2.05) is 12.1 Å². The molecule has 1 atom stereocenters. The van der Waals surface area contributed by atoms with Crippen molar-refractivity contribution in [3.05, 3.63) is 29.8 Å². The van der Waals surface area contributed by atoms with Gasteiger partial charge >= 0.3 is 0 Å². The number of phenolic OH excluding ortho intramolecular Hbond substituents is 1. The Morgan fingerprint density at radius 1 is 1.13 bits per heavy atom. The Kier molecular flexibility index (Phi) is 5.59. The van der Waals surface area contributed by atoms with E-state index in [0.29, 0.717) is 11.8 Å². The van der Waals surface area contributed by atoms with Crippen LogP contribution in [0.1, 0.15) is 24.9 Å². The molecule has 0 aliphatic rings. The first-order chi connectivity index (χ1) is 6.45. The summed E-state index contributed by atoms with van der Waals surface area (Å²) < 4.78 is 0.918. The maximum atomic E-state index is 9.21. The molecule has 0 amide bonds. The van der Waals surface area contributed by atoms with Crippen LogP contribution < -0.4 is 24.0 Å². The van der Waals surface area contributed by atoms with Crippen molar-refractivity contribution in [2.24, 2.45) is 0 Å². The third kappa shape index (κ3) is 3.99. The molecule has 0 aliphatic heterocycles. The summed E-state index contributed by atoms with van der Waals surface area (Å²) in [6, 6.07) is 8.02. The summed E-state index contributed by atoms with van der Waals surface area (Å²) in [6.07, 6.45) is 1.11. The molecule has 86 valence electrons. The summed E-state index contributed by atoms with van der Waals surface area (Å²) in [6.45, 7) is 2.20. The van der Waals surface area contributed by atoms with E-state index in [1.165, 1.54) is 5.56 Å². The molecule has 1 N–H and O–H groups in total. The summed E-state index contributed by atoms with van der Waals surface area (Å²) in [5, 5.41) is 9.21. The standard InChI is InChI=1S/C12H19NO.HI/c1-5-12(13(2,3)4)10-6-8-11(14)9-7-10;/h6-9,12H,5H2,1-4H3;1H. The molecular weight excluding hydrogens is 301 g/mol. The number of halogens is 1. The zero-order valence-electron chi connectivity index (χ0n) is 9.87. The maximum absolute atomic E-state index is 9.21. The van der Waals surface area contributed by atoms with Gasteiger partial charge in [0.1, 0.15) is 11.8 Å². The normalized spacial score (nSPS) is 13.1. The molecule has 1 unspecified atom stereocenters. The van der Waals surface area contributed by atoms with Gasteiger partial charge in [-0.3, -0.25) is 0 Å². The van der Waals surface area contributed by atoms with Crippen LogP contribution >= 0.6 is 0 Å². The van der Waals surface area contributed by atoms with E-state index in [9.17, 15) is 5.11 Å². The fourth-order valence-electron chi connectivity index (χ4n) is 1.93. The van der Waals surface area contributed by atoms with Crippen LogP contribution in [-0.4, -0.2) is 30.7 Å². The second kappa shape index (κ2) is 5.70. The van der Waals surface area contributed by atoms with Crippen molar-refractivity contribution in [3.63, 3.8) is 0 Å². The number of phenols is 1. The van der Waals surface area contributed by atoms with Gasteiger partial charge < -0.3 is 33.6 Å². The van der Waals surface area contributed by atoms with E-state index >= 15 is 0 Å². The van der Waals surface area contributed by atoms with Gasteiger partial charge in [0.2, 0.25) is 0 Å². The van der Waals surface area contributed by atoms with E-state index in [1.54, 1.807) is 12.1 Å². The predicted octanol–water partition coefficient (Wildman–Crippen LogP) is -0.446. The molecule has 1 rings (SSSR count). The van der Waals surface area contributed by atoms with Crippen LogP contribution in [-0.2, 0) is 0 Å². The first-order valence-electron chi connectivity index (χ1n) is 5.05. The van der Waals surface area contributed by atoms with Crippen molar-refractivity contribution in [2.45, 2.75) is 19.4 Å². The van der Waals surface area contributed by atoms with Gasteiger partial charge in [-0.25, -0.2) is 0 Å². The fourth-order valence-corrected chi connectivity index (χ4v) is 1.93. The van der Waals surface area contributed by atoms with Crippen LogP contribution in [0.4, 0.5) is 0 Å². The van der Waals surface area contributed by atoms with Gasteiger partial charge in [0.25, 0.3) is 0 Å². The molecule has 0 aliphatic carbocycles. The summed E-state index contributed by atoms with van der Waals surface area (Å²) >= 11 is 0. The smallest absolute Gasteiger partial charge is 0.115 e. The van der Waals surface area contributed by atoms with Crippen molar-refractivity contribution in [1.82, 2.24) is 0 Å². The highest BCUT2D eigenvalue weighted by atomic mass is 127. The number of nitrogens with zero attached hydrogens (tertiary/aromatic N) is 1. The number of aromatic hydroxyl groups is 1. The fraction of sp³-hybridized carbons (Fsp3) is 0.500. The molecule has 0 aromatic heterocycles. The summed E-state index contributed by atoms with van der Waals surface area (Å²) in [7, 11) is 6.59. The molecule has 2 nitrogen and oxygen atoms in total. The van der Waals surface area contributed by atoms with Gasteiger partial charge in [0.05, 0.1) is 21.1 Å². The van der Waals surface area contributed by atoms with Gasteiger partial charge in [-0.05, 0) is 24.3 Å². The molecule has 0 heterocycles. The Labute approximate surface area is 110 Å². The van der Waals surface area contributed by atoms with Crippen LogP contribution in [0.3, 0.4) is 0 Å². The summed E-state index contributed by atoms with van der Waals surface area (Å²) in [5.41, 5.74) is 1.29.